The molecule has 2 amide bonds. The molecule has 3 heterocycles. The van der Waals surface area contributed by atoms with Gasteiger partial charge in [0.15, 0.2) is 5.69 Å². The predicted octanol–water partition coefficient (Wildman–Crippen LogP) is 3.72. The van der Waals surface area contributed by atoms with Gasteiger partial charge in [-0.2, -0.15) is 5.10 Å². The molecular formula is C30H31F2N5O6. The van der Waals surface area contributed by atoms with Crippen LogP contribution in [0.3, 0.4) is 0 Å². The molecule has 11 nitrogen and oxygen atoms in total. The van der Waals surface area contributed by atoms with Gasteiger partial charge in [-0.1, -0.05) is 0 Å². The zero-order valence-electron chi connectivity index (χ0n) is 24.0. The third-order valence-corrected chi connectivity index (χ3v) is 7.40. The molecule has 43 heavy (non-hydrogen) atoms. The Bertz CT molecular complexity index is 1660. The summed E-state index contributed by atoms with van der Waals surface area (Å²) in [6.07, 6.45) is 2.49. The molecule has 2 aliphatic rings. The lowest BCUT2D eigenvalue weighted by atomic mass is 9.95. The first-order valence-electron chi connectivity index (χ1n) is 13.4. The molecule has 3 aromatic rings. The fraction of sp³-hybridized carbons (Fsp3) is 0.300. The largest absolute Gasteiger partial charge is 0.496 e. The SMILES string of the molecule is COc1cc2c(cc1/C(C)=C/C(=C\NO)C(N)=O)-c1c(c(C(=O)N3CCOCC3(C)C)nn1-c1cc(F)cc(F)c1)CO2. The highest BCUT2D eigenvalue weighted by Crippen LogP contribution is 2.45. The van der Waals surface area contributed by atoms with Crippen molar-refractivity contribution in [2.45, 2.75) is 32.9 Å². The smallest absolute Gasteiger partial charge is 0.275 e. The van der Waals surface area contributed by atoms with Crippen molar-refractivity contribution in [3.8, 4) is 28.4 Å². The molecule has 1 aromatic heterocycles. The van der Waals surface area contributed by atoms with E-state index >= 15 is 0 Å². The Morgan fingerprint density at radius 1 is 1.19 bits per heavy atom. The van der Waals surface area contributed by atoms with Gasteiger partial charge >= 0.3 is 0 Å². The Hall–Kier alpha value is -4.75. The van der Waals surface area contributed by atoms with Crippen LogP contribution in [-0.4, -0.2) is 64.1 Å². The van der Waals surface area contributed by atoms with E-state index in [-0.39, 0.29) is 29.5 Å². The number of hydroxylamine groups is 1. The Labute approximate surface area is 246 Å². The Balaban J connectivity index is 1.75. The average molecular weight is 596 g/mol. The van der Waals surface area contributed by atoms with Crippen molar-refractivity contribution < 1.29 is 37.8 Å². The minimum atomic E-state index is -0.814. The molecule has 5 rings (SSSR count). The van der Waals surface area contributed by atoms with Crippen LogP contribution in [-0.2, 0) is 16.1 Å². The van der Waals surface area contributed by atoms with E-state index in [0.29, 0.717) is 59.2 Å². The summed E-state index contributed by atoms with van der Waals surface area (Å²) >= 11 is 0. The number of carbonyl (C=O) groups excluding carboxylic acids is 2. The molecule has 1 fully saturated rings. The van der Waals surface area contributed by atoms with Gasteiger partial charge in [0.2, 0.25) is 5.91 Å². The van der Waals surface area contributed by atoms with E-state index in [1.54, 1.807) is 29.4 Å². The van der Waals surface area contributed by atoms with Gasteiger partial charge in [0.05, 0.1) is 42.8 Å². The van der Waals surface area contributed by atoms with Crippen molar-refractivity contribution in [1.29, 1.82) is 0 Å². The van der Waals surface area contributed by atoms with Crippen molar-refractivity contribution >= 4 is 17.4 Å². The van der Waals surface area contributed by atoms with E-state index in [1.807, 2.05) is 13.8 Å². The van der Waals surface area contributed by atoms with E-state index in [9.17, 15) is 18.4 Å². The normalized spacial score (nSPS) is 16.2. The highest BCUT2D eigenvalue weighted by atomic mass is 19.1. The third-order valence-electron chi connectivity index (χ3n) is 7.40. The maximum absolute atomic E-state index is 14.4. The second-order valence-electron chi connectivity index (χ2n) is 10.8. The van der Waals surface area contributed by atoms with Crippen LogP contribution in [0.15, 0.2) is 48.2 Å². The first kappa shape index (κ1) is 29.7. The zero-order valence-corrected chi connectivity index (χ0v) is 24.0. The number of nitrogens with two attached hydrogens (primary N) is 1. The molecule has 0 spiro atoms. The van der Waals surface area contributed by atoms with Crippen LogP contribution in [0, 0.1) is 11.6 Å². The lowest BCUT2D eigenvalue weighted by Gasteiger charge is -2.41. The molecule has 0 radical (unpaired) electrons. The van der Waals surface area contributed by atoms with Gasteiger partial charge in [-0.25, -0.2) is 13.5 Å². The predicted molar refractivity (Wildman–Crippen MR) is 152 cm³/mol. The summed E-state index contributed by atoms with van der Waals surface area (Å²) in [4.78, 5) is 27.6. The number of hydrogen-bond donors (Lipinski definition) is 3. The number of benzene rings is 2. The van der Waals surface area contributed by atoms with Gasteiger partial charge in [-0.05, 0) is 50.6 Å². The standard InChI is InChI=1S/C30H31F2N5O6/c1-16(7-17(13-34-40)28(33)38)21-11-22-25(12-24(21)41-4)43-14-23-26(29(39)36-5-6-42-15-30(36,2)3)35-37(27(22)23)20-9-18(31)8-19(32)10-20/h7-13,34,40H,5-6,14-15H2,1-4H3,(H2,33,38)/b16-7+,17-13+. The number of nitrogens with zero attached hydrogens (tertiary/aromatic N) is 3. The van der Waals surface area contributed by atoms with Crippen LogP contribution >= 0.6 is 0 Å². The summed E-state index contributed by atoms with van der Waals surface area (Å²) in [7, 11) is 1.47. The van der Waals surface area contributed by atoms with Crippen LogP contribution in [0.25, 0.3) is 22.5 Å². The number of morpholine rings is 1. The van der Waals surface area contributed by atoms with Gasteiger partial charge in [0.1, 0.15) is 29.7 Å². The lowest BCUT2D eigenvalue weighted by molar-refractivity contribution is -0.114. The monoisotopic (exact) mass is 595 g/mol. The number of nitrogens with one attached hydrogen (secondary N) is 1. The van der Waals surface area contributed by atoms with Crippen LogP contribution < -0.4 is 20.7 Å². The maximum Gasteiger partial charge on any atom is 0.275 e. The van der Waals surface area contributed by atoms with E-state index in [0.717, 1.165) is 24.4 Å². The van der Waals surface area contributed by atoms with E-state index < -0.39 is 23.1 Å². The lowest BCUT2D eigenvalue weighted by Crippen LogP contribution is -2.55. The number of amides is 2. The van der Waals surface area contributed by atoms with Crippen molar-refractivity contribution in [2.75, 3.05) is 26.9 Å². The number of carbonyl (C=O) groups is 2. The molecule has 0 aliphatic carbocycles. The van der Waals surface area contributed by atoms with E-state index in [4.69, 9.17) is 25.2 Å². The van der Waals surface area contributed by atoms with Gasteiger partial charge in [-0.3, -0.25) is 20.3 Å². The van der Waals surface area contributed by atoms with Crippen molar-refractivity contribution in [3.05, 3.63) is 76.6 Å². The van der Waals surface area contributed by atoms with E-state index in [1.165, 1.54) is 17.9 Å². The molecule has 0 saturated carbocycles. The van der Waals surface area contributed by atoms with Gasteiger partial charge in [0, 0.05) is 41.6 Å². The number of aromatic nitrogens is 2. The van der Waals surface area contributed by atoms with Gasteiger partial charge in [-0.15, -0.1) is 0 Å². The number of hydrogen-bond acceptors (Lipinski definition) is 8. The molecule has 1 saturated heterocycles. The first-order valence-corrected chi connectivity index (χ1v) is 13.4. The van der Waals surface area contributed by atoms with Crippen LogP contribution in [0.1, 0.15) is 42.4 Å². The topological polar surface area (TPSA) is 141 Å². The number of ether oxygens (including phenoxy) is 3. The molecule has 0 unspecified atom stereocenters. The summed E-state index contributed by atoms with van der Waals surface area (Å²) in [5, 5.41) is 13.7. The second-order valence-corrected chi connectivity index (χ2v) is 10.8. The molecule has 0 bridgehead atoms. The average Bonchev–Trinajstić information content (AvgIpc) is 3.35. The highest BCUT2D eigenvalue weighted by Gasteiger charge is 2.39. The maximum atomic E-state index is 14.4. The molecule has 226 valence electrons. The Morgan fingerprint density at radius 2 is 1.91 bits per heavy atom. The number of primary amides is 1. The highest BCUT2D eigenvalue weighted by molar-refractivity contribution is 5.98. The number of allylic oxidation sites excluding steroid dienone is 1. The zero-order chi connectivity index (χ0) is 31.1. The van der Waals surface area contributed by atoms with Crippen molar-refractivity contribution in [3.63, 3.8) is 0 Å². The first-order chi connectivity index (χ1) is 20.4. The van der Waals surface area contributed by atoms with Gasteiger partial charge in [0.25, 0.3) is 5.91 Å². The van der Waals surface area contributed by atoms with Crippen LogP contribution in [0.5, 0.6) is 11.5 Å². The molecule has 0 atom stereocenters. The molecule has 2 aromatic carbocycles. The molecule has 4 N–H and O–H groups in total. The van der Waals surface area contributed by atoms with Crippen LogP contribution in [0.4, 0.5) is 8.78 Å². The van der Waals surface area contributed by atoms with Crippen molar-refractivity contribution in [1.82, 2.24) is 20.2 Å². The Morgan fingerprint density at radius 3 is 2.53 bits per heavy atom. The van der Waals surface area contributed by atoms with Gasteiger partial charge < -0.3 is 24.8 Å². The minimum absolute atomic E-state index is 0.0157. The Kier molecular flexibility index (Phi) is 7.95. The fourth-order valence-corrected chi connectivity index (χ4v) is 5.30. The summed E-state index contributed by atoms with van der Waals surface area (Å²) in [6.45, 7) is 6.46. The second kappa shape index (κ2) is 11.5. The third kappa shape index (κ3) is 5.56. The summed E-state index contributed by atoms with van der Waals surface area (Å²) < 4.78 is 47.5. The summed E-state index contributed by atoms with van der Waals surface area (Å²) in [5.41, 5.74) is 9.11. The molecule has 2 aliphatic heterocycles. The fourth-order valence-electron chi connectivity index (χ4n) is 5.30. The minimum Gasteiger partial charge on any atom is -0.496 e. The number of rotatable bonds is 7. The molecule has 13 heteroatoms. The summed E-state index contributed by atoms with van der Waals surface area (Å²) in [5.74, 6) is -2.01. The number of fused-ring (bicyclic) bond motifs is 3. The summed E-state index contributed by atoms with van der Waals surface area (Å²) in [6, 6.07) is 6.35. The van der Waals surface area contributed by atoms with Crippen molar-refractivity contribution in [2.24, 2.45) is 5.73 Å². The quantitative estimate of drug-likeness (QED) is 0.213. The molecular weight excluding hydrogens is 564 g/mol. The van der Waals surface area contributed by atoms with E-state index in [2.05, 4.69) is 5.10 Å². The number of halogens is 2. The number of methoxy groups -OCH3 is 1. The van der Waals surface area contributed by atoms with Crippen LogP contribution in [0.2, 0.25) is 0 Å².